The molecule has 0 saturated carbocycles. The molecule has 2 atom stereocenters. The van der Waals surface area contributed by atoms with E-state index in [0.717, 1.165) is 0 Å². The first-order valence-corrected chi connectivity index (χ1v) is 2.66. The fraction of sp³-hybridized carbons (Fsp3) is 0.500. The van der Waals surface area contributed by atoms with Crippen LogP contribution in [0.25, 0.3) is 0 Å². The lowest BCUT2D eigenvalue weighted by atomic mass is 10.2. The first-order valence-electron chi connectivity index (χ1n) is 2.66. The first-order chi connectivity index (χ1) is 4.61. The Morgan fingerprint density at radius 1 is 1.50 bits per heavy atom. The Hall–Kier alpha value is -1.14. The Morgan fingerprint density at radius 3 is 2.60 bits per heavy atom. The maximum Gasteiger partial charge on any atom is 0.322 e. The van der Waals surface area contributed by atoms with Crippen molar-refractivity contribution in [1.82, 2.24) is 10.6 Å². The maximum atomic E-state index is 10.5. The van der Waals surface area contributed by atoms with Crippen molar-refractivity contribution in [3.05, 3.63) is 0 Å². The lowest BCUT2D eigenvalue weighted by Gasteiger charge is -2.24. The molecule has 10 heavy (non-hydrogen) atoms. The van der Waals surface area contributed by atoms with Gasteiger partial charge in [-0.15, -0.1) is 0 Å². The lowest BCUT2D eigenvalue weighted by molar-refractivity contribution is -0.130. The van der Waals surface area contributed by atoms with Crippen LogP contribution < -0.4 is 16.4 Å². The standard InChI is InChI=1S/C4H7N3O3/c5-2-1(8)3(9)7-4(10)6-2/h1-2,8H,5H2,(H2,6,7,9,10). The molecule has 1 saturated heterocycles. The number of aliphatic hydroxyl groups excluding tert-OH is 1. The van der Waals surface area contributed by atoms with Crippen LogP contribution in [0.3, 0.4) is 0 Å². The van der Waals surface area contributed by atoms with Gasteiger partial charge in [-0.2, -0.15) is 0 Å². The van der Waals surface area contributed by atoms with Gasteiger partial charge in [0.1, 0.15) is 6.17 Å². The lowest BCUT2D eigenvalue weighted by Crippen LogP contribution is -2.64. The molecule has 0 aromatic rings. The van der Waals surface area contributed by atoms with E-state index in [1.807, 2.05) is 5.32 Å². The number of carbonyl (C=O) groups excluding carboxylic acids is 2. The number of nitrogens with one attached hydrogen (secondary N) is 2. The van der Waals surface area contributed by atoms with E-state index in [4.69, 9.17) is 10.8 Å². The van der Waals surface area contributed by atoms with Crippen molar-refractivity contribution in [1.29, 1.82) is 0 Å². The highest BCUT2D eigenvalue weighted by Gasteiger charge is 2.30. The molecule has 0 aromatic heterocycles. The minimum Gasteiger partial charge on any atom is -0.380 e. The molecule has 1 heterocycles. The van der Waals surface area contributed by atoms with Gasteiger partial charge in [-0.3, -0.25) is 10.1 Å². The van der Waals surface area contributed by atoms with Crippen molar-refractivity contribution in [2.75, 3.05) is 0 Å². The molecule has 2 unspecified atom stereocenters. The fourth-order valence-corrected chi connectivity index (χ4v) is 0.615. The van der Waals surface area contributed by atoms with Gasteiger partial charge in [-0.1, -0.05) is 0 Å². The van der Waals surface area contributed by atoms with Crippen LogP contribution in [0.2, 0.25) is 0 Å². The van der Waals surface area contributed by atoms with Crippen LogP contribution >= 0.6 is 0 Å². The van der Waals surface area contributed by atoms with E-state index in [1.165, 1.54) is 0 Å². The van der Waals surface area contributed by atoms with E-state index in [2.05, 4.69) is 5.32 Å². The summed E-state index contributed by atoms with van der Waals surface area (Å²) in [5.41, 5.74) is 5.12. The van der Waals surface area contributed by atoms with Crippen LogP contribution in [0.15, 0.2) is 0 Å². The van der Waals surface area contributed by atoms with Crippen LogP contribution in [0.1, 0.15) is 0 Å². The molecule has 1 aliphatic rings. The second-order valence-electron chi connectivity index (χ2n) is 1.93. The number of hydrogen-bond acceptors (Lipinski definition) is 4. The molecule has 0 spiro atoms. The maximum absolute atomic E-state index is 10.5. The van der Waals surface area contributed by atoms with Gasteiger partial charge >= 0.3 is 6.03 Å². The normalized spacial score (nSPS) is 33.0. The number of imide groups is 1. The number of urea groups is 1. The molecule has 0 radical (unpaired) electrons. The van der Waals surface area contributed by atoms with E-state index in [1.54, 1.807) is 0 Å². The summed E-state index contributed by atoms with van der Waals surface area (Å²) in [6.07, 6.45) is -2.35. The van der Waals surface area contributed by atoms with E-state index < -0.39 is 24.2 Å². The highest BCUT2D eigenvalue weighted by molar-refractivity contribution is 5.99. The number of nitrogens with two attached hydrogens (primary N) is 1. The molecular formula is C4H7N3O3. The van der Waals surface area contributed by atoms with Gasteiger partial charge in [-0.25, -0.2) is 4.79 Å². The van der Waals surface area contributed by atoms with Gasteiger partial charge in [-0.05, 0) is 0 Å². The molecule has 56 valence electrons. The third kappa shape index (κ3) is 1.07. The van der Waals surface area contributed by atoms with Gasteiger partial charge in [0.2, 0.25) is 0 Å². The smallest absolute Gasteiger partial charge is 0.322 e. The summed E-state index contributed by atoms with van der Waals surface area (Å²) in [4.78, 5) is 20.9. The average molecular weight is 145 g/mol. The summed E-state index contributed by atoms with van der Waals surface area (Å²) in [7, 11) is 0. The average Bonchev–Trinajstić information content (AvgIpc) is 1.82. The molecule has 0 aliphatic carbocycles. The van der Waals surface area contributed by atoms with E-state index >= 15 is 0 Å². The van der Waals surface area contributed by atoms with E-state index in [0.29, 0.717) is 0 Å². The summed E-state index contributed by atoms with van der Waals surface area (Å²) in [5, 5.41) is 12.8. The largest absolute Gasteiger partial charge is 0.380 e. The highest BCUT2D eigenvalue weighted by Crippen LogP contribution is 1.92. The Morgan fingerprint density at radius 2 is 2.10 bits per heavy atom. The van der Waals surface area contributed by atoms with E-state index in [-0.39, 0.29) is 0 Å². The van der Waals surface area contributed by atoms with Crippen molar-refractivity contribution in [2.24, 2.45) is 5.73 Å². The van der Waals surface area contributed by atoms with Crippen molar-refractivity contribution in [3.63, 3.8) is 0 Å². The highest BCUT2D eigenvalue weighted by atomic mass is 16.3. The molecule has 0 bridgehead atoms. The predicted octanol–water partition coefficient (Wildman–Crippen LogP) is -2.53. The number of aliphatic hydroxyl groups is 1. The van der Waals surface area contributed by atoms with Gasteiger partial charge in [0.15, 0.2) is 6.10 Å². The monoisotopic (exact) mass is 145 g/mol. The Balaban J connectivity index is 2.66. The van der Waals surface area contributed by atoms with Crippen LogP contribution in [-0.4, -0.2) is 29.3 Å². The summed E-state index contributed by atoms with van der Waals surface area (Å²) >= 11 is 0. The van der Waals surface area contributed by atoms with Crippen molar-refractivity contribution in [3.8, 4) is 0 Å². The Kier molecular flexibility index (Phi) is 1.56. The molecule has 6 nitrogen and oxygen atoms in total. The third-order valence-electron chi connectivity index (χ3n) is 1.14. The van der Waals surface area contributed by atoms with Crippen molar-refractivity contribution < 1.29 is 14.7 Å². The molecular weight excluding hydrogens is 138 g/mol. The molecule has 1 aliphatic heterocycles. The van der Waals surface area contributed by atoms with Gasteiger partial charge < -0.3 is 16.2 Å². The number of rotatable bonds is 0. The van der Waals surface area contributed by atoms with Crippen LogP contribution in [-0.2, 0) is 4.79 Å². The van der Waals surface area contributed by atoms with Gasteiger partial charge in [0, 0.05) is 0 Å². The molecule has 1 rings (SSSR count). The summed E-state index contributed by atoms with van der Waals surface area (Å²) in [6.45, 7) is 0. The zero-order chi connectivity index (χ0) is 7.72. The van der Waals surface area contributed by atoms with Crippen LogP contribution in [0, 0.1) is 0 Å². The predicted molar refractivity (Wildman–Crippen MR) is 30.7 cm³/mol. The molecule has 0 aromatic carbocycles. The number of amides is 3. The topological polar surface area (TPSA) is 104 Å². The second kappa shape index (κ2) is 2.24. The molecule has 1 fully saturated rings. The Bertz CT molecular complexity index is 181. The van der Waals surface area contributed by atoms with Crippen LogP contribution in [0.4, 0.5) is 4.79 Å². The van der Waals surface area contributed by atoms with Gasteiger partial charge in [0.05, 0.1) is 0 Å². The molecule has 5 N–H and O–H groups in total. The molecule has 3 amide bonds. The third-order valence-corrected chi connectivity index (χ3v) is 1.14. The van der Waals surface area contributed by atoms with Crippen LogP contribution in [0.5, 0.6) is 0 Å². The SMILES string of the molecule is NC1NC(=O)NC(=O)C1O. The number of hydrogen-bond donors (Lipinski definition) is 4. The fourth-order valence-electron chi connectivity index (χ4n) is 0.615. The zero-order valence-electron chi connectivity index (χ0n) is 5.00. The minimum absolute atomic E-state index is 0.678. The summed E-state index contributed by atoms with van der Waals surface area (Å²) in [5.74, 6) is -0.767. The number of carbonyl (C=O) groups is 2. The molecule has 6 heteroatoms. The first kappa shape index (κ1) is 6.97. The van der Waals surface area contributed by atoms with Gasteiger partial charge in [0.25, 0.3) is 5.91 Å². The summed E-state index contributed by atoms with van der Waals surface area (Å²) < 4.78 is 0. The van der Waals surface area contributed by atoms with E-state index in [9.17, 15) is 9.59 Å². The zero-order valence-corrected chi connectivity index (χ0v) is 5.00. The quantitative estimate of drug-likeness (QED) is 0.301. The summed E-state index contributed by atoms with van der Waals surface area (Å²) in [6, 6.07) is -0.678. The minimum atomic E-state index is -1.35. The Labute approximate surface area is 56.4 Å². The van der Waals surface area contributed by atoms with Crippen molar-refractivity contribution in [2.45, 2.75) is 12.3 Å². The van der Waals surface area contributed by atoms with Crippen molar-refractivity contribution >= 4 is 11.9 Å². The second-order valence-corrected chi connectivity index (χ2v) is 1.93.